The van der Waals surface area contributed by atoms with Crippen LogP contribution in [0.5, 0.6) is 5.75 Å². The fourth-order valence-corrected chi connectivity index (χ4v) is 2.04. The topological polar surface area (TPSA) is 24.5 Å². The van der Waals surface area contributed by atoms with Gasteiger partial charge in [-0.2, -0.15) is 0 Å². The molecule has 1 N–H and O–H groups in total. The fraction of sp³-hybridized carbons (Fsp3) is 0.538. The molecule has 1 saturated heterocycles. The van der Waals surface area contributed by atoms with E-state index >= 15 is 0 Å². The van der Waals surface area contributed by atoms with E-state index in [1.807, 2.05) is 19.0 Å². The van der Waals surface area contributed by atoms with E-state index in [-0.39, 0.29) is 11.9 Å². The van der Waals surface area contributed by atoms with Crippen LogP contribution in [-0.4, -0.2) is 38.2 Å². The van der Waals surface area contributed by atoms with Crippen LogP contribution in [0, 0.1) is 5.82 Å². The molecule has 94 valence electrons. The van der Waals surface area contributed by atoms with Crippen LogP contribution in [0.4, 0.5) is 4.39 Å². The number of hydrogen-bond acceptors (Lipinski definition) is 3. The zero-order chi connectivity index (χ0) is 12.3. The van der Waals surface area contributed by atoms with E-state index in [1.54, 1.807) is 12.1 Å². The summed E-state index contributed by atoms with van der Waals surface area (Å²) in [6, 6.07) is 4.74. The molecular formula is C13H19FN2O. The average Bonchev–Trinajstić information content (AvgIpc) is 2.74. The number of ether oxygens (including phenoxy) is 1. The van der Waals surface area contributed by atoms with Crippen LogP contribution < -0.4 is 10.1 Å². The lowest BCUT2D eigenvalue weighted by Gasteiger charge is -2.18. The zero-order valence-electron chi connectivity index (χ0n) is 10.4. The van der Waals surface area contributed by atoms with Crippen LogP contribution in [0.15, 0.2) is 18.2 Å². The first-order valence-corrected chi connectivity index (χ1v) is 5.95. The van der Waals surface area contributed by atoms with E-state index in [0.717, 1.165) is 30.8 Å². The Morgan fingerprint density at radius 1 is 1.47 bits per heavy atom. The van der Waals surface area contributed by atoms with E-state index in [1.165, 1.54) is 6.07 Å². The lowest BCUT2D eigenvalue weighted by Crippen LogP contribution is -2.21. The maximum absolute atomic E-state index is 13.2. The number of nitrogens with one attached hydrogen (secondary N) is 1. The Kier molecular flexibility index (Phi) is 3.97. The Morgan fingerprint density at radius 3 is 2.94 bits per heavy atom. The smallest absolute Gasteiger partial charge is 0.124 e. The molecule has 17 heavy (non-hydrogen) atoms. The van der Waals surface area contributed by atoms with Gasteiger partial charge in [0.15, 0.2) is 0 Å². The van der Waals surface area contributed by atoms with Crippen LogP contribution in [0.3, 0.4) is 0 Å². The molecule has 0 bridgehead atoms. The normalized spacial score (nSPS) is 19.9. The van der Waals surface area contributed by atoms with E-state index in [0.29, 0.717) is 6.54 Å². The maximum atomic E-state index is 13.2. The van der Waals surface area contributed by atoms with Gasteiger partial charge in [0.1, 0.15) is 17.7 Å². The first-order chi connectivity index (χ1) is 8.15. The van der Waals surface area contributed by atoms with Crippen LogP contribution in [0.1, 0.15) is 12.0 Å². The third-order valence-electron chi connectivity index (χ3n) is 2.82. The molecule has 1 atom stereocenters. The molecule has 0 aliphatic carbocycles. The third kappa shape index (κ3) is 3.41. The van der Waals surface area contributed by atoms with Gasteiger partial charge in [0.05, 0.1) is 0 Å². The first kappa shape index (κ1) is 12.3. The Balaban J connectivity index is 2.13. The number of nitrogens with zero attached hydrogens (tertiary/aromatic N) is 1. The summed E-state index contributed by atoms with van der Waals surface area (Å²) in [7, 11) is 3.93. The van der Waals surface area contributed by atoms with Crippen molar-refractivity contribution < 1.29 is 9.13 Å². The number of benzene rings is 1. The van der Waals surface area contributed by atoms with Gasteiger partial charge in [0, 0.05) is 18.7 Å². The summed E-state index contributed by atoms with van der Waals surface area (Å²) in [5.74, 6) is 0.590. The Labute approximate surface area is 102 Å². The lowest BCUT2D eigenvalue weighted by atomic mass is 10.2. The first-order valence-electron chi connectivity index (χ1n) is 5.95. The Hall–Kier alpha value is -1.13. The van der Waals surface area contributed by atoms with Gasteiger partial charge in [-0.05, 0) is 45.3 Å². The molecule has 0 spiro atoms. The maximum Gasteiger partial charge on any atom is 0.124 e. The molecule has 1 heterocycles. The van der Waals surface area contributed by atoms with E-state index in [4.69, 9.17) is 4.74 Å². The van der Waals surface area contributed by atoms with Gasteiger partial charge in [-0.3, -0.25) is 0 Å². The van der Waals surface area contributed by atoms with Crippen LogP contribution in [0.2, 0.25) is 0 Å². The van der Waals surface area contributed by atoms with Gasteiger partial charge in [0.2, 0.25) is 0 Å². The molecule has 0 radical (unpaired) electrons. The second-order valence-corrected chi connectivity index (χ2v) is 4.72. The average molecular weight is 238 g/mol. The summed E-state index contributed by atoms with van der Waals surface area (Å²) >= 11 is 0. The highest BCUT2D eigenvalue weighted by atomic mass is 19.1. The number of hydrogen-bond donors (Lipinski definition) is 1. The molecule has 1 aromatic rings. The molecule has 0 amide bonds. The number of rotatable bonds is 4. The van der Waals surface area contributed by atoms with Crippen molar-refractivity contribution >= 4 is 0 Å². The fourth-order valence-electron chi connectivity index (χ4n) is 2.04. The van der Waals surface area contributed by atoms with Crippen molar-refractivity contribution in [2.45, 2.75) is 19.1 Å². The summed E-state index contributed by atoms with van der Waals surface area (Å²) in [5.41, 5.74) is 0.905. The molecular weight excluding hydrogens is 219 g/mol. The SMILES string of the molecule is CN(C)Cc1cc(F)ccc1OC1CCNC1. The Morgan fingerprint density at radius 2 is 2.29 bits per heavy atom. The van der Waals surface area contributed by atoms with Gasteiger partial charge in [-0.15, -0.1) is 0 Å². The van der Waals surface area contributed by atoms with Crippen LogP contribution >= 0.6 is 0 Å². The predicted octanol–water partition coefficient (Wildman–Crippen LogP) is 1.63. The van der Waals surface area contributed by atoms with Gasteiger partial charge < -0.3 is 15.0 Å². The molecule has 1 unspecified atom stereocenters. The van der Waals surface area contributed by atoms with Gasteiger partial charge in [0.25, 0.3) is 0 Å². The molecule has 0 aromatic heterocycles. The van der Waals surface area contributed by atoms with Crippen LogP contribution in [-0.2, 0) is 6.54 Å². The molecule has 3 nitrogen and oxygen atoms in total. The Bertz CT molecular complexity index is 376. The van der Waals surface area contributed by atoms with Crippen molar-refractivity contribution in [3.8, 4) is 5.75 Å². The largest absolute Gasteiger partial charge is 0.489 e. The van der Waals surface area contributed by atoms with E-state index in [9.17, 15) is 4.39 Å². The quantitative estimate of drug-likeness (QED) is 0.863. The van der Waals surface area contributed by atoms with Crippen molar-refractivity contribution in [2.24, 2.45) is 0 Å². The van der Waals surface area contributed by atoms with Crippen LogP contribution in [0.25, 0.3) is 0 Å². The highest BCUT2D eigenvalue weighted by molar-refractivity contribution is 5.34. The summed E-state index contributed by atoms with van der Waals surface area (Å²) in [4.78, 5) is 2.01. The lowest BCUT2D eigenvalue weighted by molar-refractivity contribution is 0.217. The molecule has 2 rings (SSSR count). The highest BCUT2D eigenvalue weighted by Gasteiger charge is 2.17. The molecule has 4 heteroatoms. The number of halogens is 1. The van der Waals surface area contributed by atoms with Gasteiger partial charge in [-0.25, -0.2) is 4.39 Å². The highest BCUT2D eigenvalue weighted by Crippen LogP contribution is 2.23. The van der Waals surface area contributed by atoms with E-state index in [2.05, 4.69) is 5.32 Å². The zero-order valence-corrected chi connectivity index (χ0v) is 10.4. The summed E-state index contributed by atoms with van der Waals surface area (Å²) in [6.07, 6.45) is 1.22. The predicted molar refractivity (Wildman–Crippen MR) is 65.7 cm³/mol. The second kappa shape index (κ2) is 5.47. The van der Waals surface area contributed by atoms with Gasteiger partial charge >= 0.3 is 0 Å². The standard InChI is InChI=1S/C13H19FN2O/c1-16(2)9-10-7-11(14)3-4-13(10)17-12-5-6-15-8-12/h3-4,7,12,15H,5-6,8-9H2,1-2H3. The summed E-state index contributed by atoms with van der Waals surface area (Å²) in [6.45, 7) is 2.56. The minimum absolute atomic E-state index is 0.209. The van der Waals surface area contributed by atoms with Crippen molar-refractivity contribution in [2.75, 3.05) is 27.2 Å². The second-order valence-electron chi connectivity index (χ2n) is 4.72. The molecule has 1 fully saturated rings. The van der Waals surface area contributed by atoms with E-state index < -0.39 is 0 Å². The molecule has 1 aliphatic heterocycles. The third-order valence-corrected chi connectivity index (χ3v) is 2.82. The molecule has 1 aliphatic rings. The van der Waals surface area contributed by atoms with Gasteiger partial charge in [-0.1, -0.05) is 0 Å². The monoisotopic (exact) mass is 238 g/mol. The minimum Gasteiger partial charge on any atom is -0.489 e. The molecule has 0 saturated carbocycles. The van der Waals surface area contributed by atoms with Crippen molar-refractivity contribution in [1.29, 1.82) is 0 Å². The van der Waals surface area contributed by atoms with Crippen molar-refractivity contribution in [3.05, 3.63) is 29.6 Å². The molecule has 1 aromatic carbocycles. The van der Waals surface area contributed by atoms with Crippen molar-refractivity contribution in [3.63, 3.8) is 0 Å². The summed E-state index contributed by atoms with van der Waals surface area (Å²) < 4.78 is 19.1. The summed E-state index contributed by atoms with van der Waals surface area (Å²) in [5, 5.41) is 3.25. The van der Waals surface area contributed by atoms with Crippen molar-refractivity contribution in [1.82, 2.24) is 10.2 Å². The minimum atomic E-state index is -0.209.